The van der Waals surface area contributed by atoms with Gasteiger partial charge >= 0.3 is 0 Å². The van der Waals surface area contributed by atoms with E-state index in [0.717, 1.165) is 30.7 Å². The fraction of sp³-hybridized carbons (Fsp3) is 0.625. The van der Waals surface area contributed by atoms with Crippen LogP contribution in [-0.2, 0) is 6.54 Å². The van der Waals surface area contributed by atoms with Crippen molar-refractivity contribution in [2.45, 2.75) is 52.6 Å². The van der Waals surface area contributed by atoms with Crippen molar-refractivity contribution >= 4 is 0 Å². The zero-order valence-electron chi connectivity index (χ0n) is 12.9. The lowest BCUT2D eigenvalue weighted by Gasteiger charge is -2.35. The van der Waals surface area contributed by atoms with Crippen LogP contribution in [0.4, 0.5) is 0 Å². The van der Waals surface area contributed by atoms with Gasteiger partial charge in [-0.3, -0.25) is 4.90 Å². The van der Waals surface area contributed by atoms with E-state index in [1.165, 1.54) is 0 Å². The van der Waals surface area contributed by atoms with Crippen molar-refractivity contribution in [3.8, 4) is 11.5 Å². The lowest BCUT2D eigenvalue weighted by Crippen LogP contribution is -2.39. The molecule has 0 aliphatic heterocycles. The Kier molecular flexibility index (Phi) is 5.67. The summed E-state index contributed by atoms with van der Waals surface area (Å²) in [6.07, 6.45) is 2.04. The largest absolute Gasteiger partial charge is 0.507 e. The molecule has 0 bridgehead atoms. The number of hydrogen-bond acceptors (Lipinski definition) is 3. The summed E-state index contributed by atoms with van der Waals surface area (Å²) >= 11 is 0. The van der Waals surface area contributed by atoms with E-state index in [1.807, 2.05) is 12.1 Å². The molecule has 1 N–H and O–H groups in total. The van der Waals surface area contributed by atoms with Crippen LogP contribution in [-0.4, -0.2) is 29.2 Å². The van der Waals surface area contributed by atoms with Gasteiger partial charge in [0.2, 0.25) is 0 Å². The van der Waals surface area contributed by atoms with Gasteiger partial charge in [-0.15, -0.1) is 0 Å². The second-order valence-corrected chi connectivity index (χ2v) is 5.66. The summed E-state index contributed by atoms with van der Waals surface area (Å²) in [5.41, 5.74) is 1.07. The van der Waals surface area contributed by atoms with E-state index in [2.05, 4.69) is 39.6 Å². The molecule has 0 heterocycles. The molecule has 108 valence electrons. The Morgan fingerprint density at radius 1 is 1.26 bits per heavy atom. The highest BCUT2D eigenvalue weighted by molar-refractivity contribution is 5.39. The summed E-state index contributed by atoms with van der Waals surface area (Å²) in [5, 5.41) is 10.1. The molecule has 1 rings (SSSR count). The summed E-state index contributed by atoms with van der Waals surface area (Å²) in [4.78, 5) is 2.26. The Bertz CT molecular complexity index is 402. The van der Waals surface area contributed by atoms with E-state index in [0.29, 0.717) is 12.4 Å². The number of benzene rings is 1. The maximum Gasteiger partial charge on any atom is 0.123 e. The molecule has 1 aromatic rings. The SMILES string of the molecule is CCCOc1ccc(CN(C)C(C)(C)CC)c(O)c1. The third-order valence-electron chi connectivity index (χ3n) is 3.84. The fourth-order valence-corrected chi connectivity index (χ4v) is 1.73. The number of nitrogens with zero attached hydrogens (tertiary/aromatic N) is 1. The Balaban J connectivity index is 2.74. The van der Waals surface area contributed by atoms with Gasteiger partial charge in [-0.2, -0.15) is 0 Å². The number of phenolic OH excluding ortho intramolecular Hbond substituents is 1. The lowest BCUT2D eigenvalue weighted by molar-refractivity contribution is 0.142. The van der Waals surface area contributed by atoms with Crippen molar-refractivity contribution < 1.29 is 9.84 Å². The first-order valence-corrected chi connectivity index (χ1v) is 7.06. The van der Waals surface area contributed by atoms with Gasteiger partial charge in [-0.05, 0) is 39.8 Å². The van der Waals surface area contributed by atoms with Gasteiger partial charge in [0.05, 0.1) is 6.61 Å². The molecule has 0 saturated heterocycles. The van der Waals surface area contributed by atoms with Crippen LogP contribution in [0.15, 0.2) is 18.2 Å². The number of phenols is 1. The van der Waals surface area contributed by atoms with E-state index in [9.17, 15) is 5.11 Å². The van der Waals surface area contributed by atoms with Gasteiger partial charge < -0.3 is 9.84 Å². The molecule has 3 nitrogen and oxygen atoms in total. The monoisotopic (exact) mass is 265 g/mol. The van der Waals surface area contributed by atoms with Crippen molar-refractivity contribution in [1.29, 1.82) is 0 Å². The molecule has 0 spiro atoms. The molecule has 0 aliphatic carbocycles. The van der Waals surface area contributed by atoms with Gasteiger partial charge in [0.15, 0.2) is 0 Å². The molecule has 0 amide bonds. The predicted octanol–water partition coefficient (Wildman–Crippen LogP) is 3.80. The predicted molar refractivity (Wildman–Crippen MR) is 79.7 cm³/mol. The maximum atomic E-state index is 10.1. The van der Waals surface area contributed by atoms with Crippen molar-refractivity contribution in [2.75, 3.05) is 13.7 Å². The minimum atomic E-state index is 0.129. The van der Waals surface area contributed by atoms with Crippen LogP contribution >= 0.6 is 0 Å². The number of ether oxygens (including phenoxy) is 1. The Hall–Kier alpha value is -1.22. The van der Waals surface area contributed by atoms with E-state index in [1.54, 1.807) is 6.07 Å². The molecule has 0 aliphatic rings. The average molecular weight is 265 g/mol. The molecule has 3 heteroatoms. The normalized spacial score (nSPS) is 11.9. The zero-order valence-corrected chi connectivity index (χ0v) is 12.9. The van der Waals surface area contributed by atoms with E-state index < -0.39 is 0 Å². The van der Waals surface area contributed by atoms with Crippen LogP contribution in [0, 0.1) is 0 Å². The molecular weight excluding hydrogens is 238 g/mol. The van der Waals surface area contributed by atoms with Crippen LogP contribution in [0.1, 0.15) is 46.1 Å². The second-order valence-electron chi connectivity index (χ2n) is 5.66. The summed E-state index contributed by atoms with van der Waals surface area (Å²) in [7, 11) is 2.09. The van der Waals surface area contributed by atoms with Gasteiger partial charge in [0, 0.05) is 23.7 Å². The fourth-order valence-electron chi connectivity index (χ4n) is 1.73. The molecule has 19 heavy (non-hydrogen) atoms. The third-order valence-corrected chi connectivity index (χ3v) is 3.84. The molecule has 0 aromatic heterocycles. The number of hydrogen-bond donors (Lipinski definition) is 1. The van der Waals surface area contributed by atoms with Gasteiger partial charge in [0.25, 0.3) is 0 Å². The van der Waals surface area contributed by atoms with Gasteiger partial charge in [-0.25, -0.2) is 0 Å². The summed E-state index contributed by atoms with van der Waals surface area (Å²) in [6, 6.07) is 5.58. The Morgan fingerprint density at radius 2 is 1.95 bits per heavy atom. The number of rotatable bonds is 7. The van der Waals surface area contributed by atoms with Crippen LogP contribution in [0.3, 0.4) is 0 Å². The Morgan fingerprint density at radius 3 is 2.47 bits per heavy atom. The van der Waals surface area contributed by atoms with Gasteiger partial charge in [0.1, 0.15) is 11.5 Å². The summed E-state index contributed by atoms with van der Waals surface area (Å²) in [5.74, 6) is 1.05. The summed E-state index contributed by atoms with van der Waals surface area (Å²) in [6.45, 7) is 10.1. The molecule has 0 saturated carbocycles. The quantitative estimate of drug-likeness (QED) is 0.814. The first-order chi connectivity index (χ1) is 8.90. The average Bonchev–Trinajstić information content (AvgIpc) is 2.39. The molecular formula is C16H27NO2. The number of aromatic hydroxyl groups is 1. The molecule has 0 radical (unpaired) electrons. The van der Waals surface area contributed by atoms with E-state index >= 15 is 0 Å². The van der Waals surface area contributed by atoms with Crippen molar-refractivity contribution in [1.82, 2.24) is 4.90 Å². The van der Waals surface area contributed by atoms with Crippen molar-refractivity contribution in [2.24, 2.45) is 0 Å². The Labute approximate surface area is 117 Å². The van der Waals surface area contributed by atoms with Crippen molar-refractivity contribution in [3.63, 3.8) is 0 Å². The second kappa shape index (κ2) is 6.80. The smallest absolute Gasteiger partial charge is 0.123 e. The third kappa shape index (κ3) is 4.43. The minimum Gasteiger partial charge on any atom is -0.507 e. The minimum absolute atomic E-state index is 0.129. The molecule has 0 atom stereocenters. The first kappa shape index (κ1) is 15.8. The topological polar surface area (TPSA) is 32.7 Å². The van der Waals surface area contributed by atoms with E-state index in [4.69, 9.17) is 4.74 Å². The van der Waals surface area contributed by atoms with Crippen molar-refractivity contribution in [3.05, 3.63) is 23.8 Å². The van der Waals surface area contributed by atoms with Crippen LogP contribution in [0.25, 0.3) is 0 Å². The summed E-state index contributed by atoms with van der Waals surface area (Å²) < 4.78 is 5.51. The standard InChI is InChI=1S/C16H27NO2/c1-6-10-19-14-9-8-13(15(18)11-14)12-17(5)16(3,4)7-2/h8-9,11,18H,6-7,10,12H2,1-5H3. The lowest BCUT2D eigenvalue weighted by atomic mass is 9.99. The maximum absolute atomic E-state index is 10.1. The highest BCUT2D eigenvalue weighted by Gasteiger charge is 2.21. The highest BCUT2D eigenvalue weighted by atomic mass is 16.5. The molecule has 1 aromatic carbocycles. The van der Waals surface area contributed by atoms with Gasteiger partial charge in [-0.1, -0.05) is 19.9 Å². The highest BCUT2D eigenvalue weighted by Crippen LogP contribution is 2.27. The molecule has 0 unspecified atom stereocenters. The van der Waals surface area contributed by atoms with Crippen LogP contribution in [0.5, 0.6) is 11.5 Å². The van der Waals surface area contributed by atoms with E-state index in [-0.39, 0.29) is 5.54 Å². The zero-order chi connectivity index (χ0) is 14.5. The first-order valence-electron chi connectivity index (χ1n) is 7.06. The van der Waals surface area contributed by atoms with Crippen LogP contribution in [0.2, 0.25) is 0 Å². The van der Waals surface area contributed by atoms with Crippen LogP contribution < -0.4 is 4.74 Å². The molecule has 0 fully saturated rings.